The van der Waals surface area contributed by atoms with Gasteiger partial charge in [-0.15, -0.1) is 0 Å². The minimum Gasteiger partial charge on any atom is -0.398 e. The molecular formula is C15H24N2O3S. The number of anilines is 1. The Morgan fingerprint density at radius 3 is 2.48 bits per heavy atom. The summed E-state index contributed by atoms with van der Waals surface area (Å²) < 4.78 is 33.5. The molecule has 6 heteroatoms. The normalized spacial score (nSPS) is 22.7. The van der Waals surface area contributed by atoms with Crippen molar-refractivity contribution in [1.82, 2.24) is 4.72 Å². The van der Waals surface area contributed by atoms with Crippen molar-refractivity contribution in [2.75, 3.05) is 12.8 Å². The Bertz CT molecular complexity index is 641. The van der Waals surface area contributed by atoms with E-state index in [9.17, 15) is 8.42 Å². The standard InChI is InChI=1S/C15H24N2O3S/c1-9-7-10(2)15(11(3)14(9)16)21(18,19)17-12-5-6-13(8-12)20-4/h7,12-13,17H,5-6,8,16H2,1-4H3. The van der Waals surface area contributed by atoms with Crippen molar-refractivity contribution in [3.05, 3.63) is 22.8 Å². The number of sulfonamides is 1. The van der Waals surface area contributed by atoms with E-state index >= 15 is 0 Å². The fraction of sp³-hybridized carbons (Fsp3) is 0.600. The molecule has 2 unspecified atom stereocenters. The van der Waals surface area contributed by atoms with Crippen molar-refractivity contribution >= 4 is 15.7 Å². The fourth-order valence-electron chi connectivity index (χ4n) is 3.13. The number of hydrogen-bond acceptors (Lipinski definition) is 4. The third-order valence-electron chi connectivity index (χ3n) is 4.27. The molecule has 5 nitrogen and oxygen atoms in total. The third-order valence-corrected chi connectivity index (χ3v) is 6.08. The maximum absolute atomic E-state index is 12.7. The molecule has 0 spiro atoms. The third kappa shape index (κ3) is 3.22. The van der Waals surface area contributed by atoms with Gasteiger partial charge < -0.3 is 10.5 Å². The van der Waals surface area contributed by atoms with Crippen LogP contribution in [0.5, 0.6) is 0 Å². The molecule has 1 saturated carbocycles. The Labute approximate surface area is 126 Å². The molecule has 118 valence electrons. The number of nitrogens with one attached hydrogen (secondary N) is 1. The van der Waals surface area contributed by atoms with Crippen LogP contribution in [-0.2, 0) is 14.8 Å². The zero-order valence-electron chi connectivity index (χ0n) is 13.1. The Balaban J connectivity index is 2.31. The van der Waals surface area contributed by atoms with Gasteiger partial charge in [0.05, 0.1) is 11.0 Å². The monoisotopic (exact) mass is 312 g/mol. The highest BCUT2D eigenvalue weighted by Gasteiger charge is 2.30. The first kappa shape index (κ1) is 16.3. The maximum atomic E-state index is 12.7. The summed E-state index contributed by atoms with van der Waals surface area (Å²) in [5, 5.41) is 0. The van der Waals surface area contributed by atoms with Crippen LogP contribution in [0.2, 0.25) is 0 Å². The van der Waals surface area contributed by atoms with E-state index in [0.29, 0.717) is 16.1 Å². The van der Waals surface area contributed by atoms with Gasteiger partial charge >= 0.3 is 0 Å². The van der Waals surface area contributed by atoms with Gasteiger partial charge in [0, 0.05) is 18.8 Å². The highest BCUT2D eigenvalue weighted by Crippen LogP contribution is 2.29. The number of aryl methyl sites for hydroxylation is 2. The van der Waals surface area contributed by atoms with E-state index < -0.39 is 10.0 Å². The molecule has 1 aliphatic carbocycles. The molecule has 2 atom stereocenters. The second-order valence-electron chi connectivity index (χ2n) is 5.87. The van der Waals surface area contributed by atoms with Crippen molar-refractivity contribution in [2.45, 2.75) is 57.1 Å². The zero-order chi connectivity index (χ0) is 15.8. The van der Waals surface area contributed by atoms with Gasteiger partial charge in [0.15, 0.2) is 0 Å². The number of nitrogen functional groups attached to an aromatic ring is 1. The van der Waals surface area contributed by atoms with Crippen molar-refractivity contribution in [3.63, 3.8) is 0 Å². The molecular weight excluding hydrogens is 288 g/mol. The van der Waals surface area contributed by atoms with E-state index in [0.717, 1.165) is 30.4 Å². The predicted octanol–water partition coefficient (Wildman–Crippen LogP) is 2.04. The summed E-state index contributed by atoms with van der Waals surface area (Å²) in [6, 6.07) is 1.75. The highest BCUT2D eigenvalue weighted by molar-refractivity contribution is 7.89. The lowest BCUT2D eigenvalue weighted by atomic mass is 10.1. The molecule has 0 heterocycles. The summed E-state index contributed by atoms with van der Waals surface area (Å²) in [6.45, 7) is 5.45. The van der Waals surface area contributed by atoms with Gasteiger partial charge in [0.2, 0.25) is 10.0 Å². The first-order valence-corrected chi connectivity index (χ1v) is 8.66. The van der Waals surface area contributed by atoms with Crippen LogP contribution in [0.15, 0.2) is 11.0 Å². The van der Waals surface area contributed by atoms with Crippen molar-refractivity contribution in [2.24, 2.45) is 0 Å². The predicted molar refractivity (Wildman–Crippen MR) is 83.8 cm³/mol. The van der Waals surface area contributed by atoms with Crippen LogP contribution in [0, 0.1) is 20.8 Å². The topological polar surface area (TPSA) is 81.4 Å². The van der Waals surface area contributed by atoms with Crippen molar-refractivity contribution in [3.8, 4) is 0 Å². The molecule has 0 amide bonds. The minimum atomic E-state index is -3.56. The largest absolute Gasteiger partial charge is 0.398 e. The molecule has 0 aliphatic heterocycles. The smallest absolute Gasteiger partial charge is 0.241 e. The fourth-order valence-corrected chi connectivity index (χ4v) is 4.90. The summed E-state index contributed by atoms with van der Waals surface area (Å²) in [7, 11) is -1.90. The lowest BCUT2D eigenvalue weighted by molar-refractivity contribution is 0.107. The van der Waals surface area contributed by atoms with E-state index in [1.807, 2.05) is 13.0 Å². The first-order chi connectivity index (χ1) is 9.76. The second-order valence-corrected chi connectivity index (χ2v) is 7.52. The van der Waals surface area contributed by atoms with Crippen LogP contribution in [0.3, 0.4) is 0 Å². The molecule has 0 bridgehead atoms. The lowest BCUT2D eigenvalue weighted by Crippen LogP contribution is -2.34. The van der Waals surface area contributed by atoms with Gasteiger partial charge in [-0.25, -0.2) is 13.1 Å². The average molecular weight is 312 g/mol. The average Bonchev–Trinajstić information content (AvgIpc) is 2.82. The lowest BCUT2D eigenvalue weighted by Gasteiger charge is -2.18. The van der Waals surface area contributed by atoms with E-state index in [1.165, 1.54) is 0 Å². The van der Waals surface area contributed by atoms with Gasteiger partial charge in [0.25, 0.3) is 0 Å². The summed E-state index contributed by atoms with van der Waals surface area (Å²) in [6.07, 6.45) is 2.55. The summed E-state index contributed by atoms with van der Waals surface area (Å²) in [5.41, 5.74) is 8.79. The quantitative estimate of drug-likeness (QED) is 0.834. The SMILES string of the molecule is COC1CCC(NS(=O)(=O)c2c(C)cc(C)c(N)c2C)C1. The van der Waals surface area contributed by atoms with Crippen LogP contribution < -0.4 is 10.5 Å². The van der Waals surface area contributed by atoms with E-state index in [2.05, 4.69) is 4.72 Å². The molecule has 0 radical (unpaired) electrons. The van der Waals surface area contributed by atoms with Crippen LogP contribution in [0.25, 0.3) is 0 Å². The Hall–Kier alpha value is -1.11. The number of rotatable bonds is 4. The van der Waals surface area contributed by atoms with E-state index in [1.54, 1.807) is 21.0 Å². The van der Waals surface area contributed by atoms with Crippen LogP contribution in [0.4, 0.5) is 5.69 Å². The first-order valence-electron chi connectivity index (χ1n) is 7.17. The Morgan fingerprint density at radius 2 is 1.90 bits per heavy atom. The van der Waals surface area contributed by atoms with Crippen molar-refractivity contribution in [1.29, 1.82) is 0 Å². The Kier molecular flexibility index (Phi) is 4.60. The van der Waals surface area contributed by atoms with Crippen LogP contribution in [-0.4, -0.2) is 27.7 Å². The summed E-state index contributed by atoms with van der Waals surface area (Å²) in [5.74, 6) is 0. The number of ether oxygens (including phenoxy) is 1. The number of nitrogens with two attached hydrogens (primary N) is 1. The zero-order valence-corrected chi connectivity index (χ0v) is 13.9. The molecule has 1 aromatic carbocycles. The molecule has 1 fully saturated rings. The number of hydrogen-bond donors (Lipinski definition) is 2. The van der Waals surface area contributed by atoms with Gasteiger partial charge in [-0.05, 0) is 56.7 Å². The van der Waals surface area contributed by atoms with Crippen LogP contribution in [0.1, 0.15) is 36.0 Å². The number of benzene rings is 1. The Morgan fingerprint density at radius 1 is 1.24 bits per heavy atom. The van der Waals surface area contributed by atoms with Gasteiger partial charge in [-0.3, -0.25) is 0 Å². The molecule has 2 rings (SSSR count). The molecule has 0 aromatic heterocycles. The minimum absolute atomic E-state index is 0.0683. The maximum Gasteiger partial charge on any atom is 0.241 e. The van der Waals surface area contributed by atoms with E-state index in [4.69, 9.17) is 10.5 Å². The second kappa shape index (κ2) is 5.94. The van der Waals surface area contributed by atoms with Crippen molar-refractivity contribution < 1.29 is 13.2 Å². The highest BCUT2D eigenvalue weighted by atomic mass is 32.2. The summed E-state index contributed by atoms with van der Waals surface area (Å²) >= 11 is 0. The van der Waals surface area contributed by atoms with E-state index in [-0.39, 0.29) is 12.1 Å². The van der Waals surface area contributed by atoms with Gasteiger partial charge in [0.1, 0.15) is 0 Å². The molecule has 3 N–H and O–H groups in total. The summed E-state index contributed by atoms with van der Waals surface area (Å²) in [4.78, 5) is 0.312. The number of methoxy groups -OCH3 is 1. The van der Waals surface area contributed by atoms with Gasteiger partial charge in [-0.2, -0.15) is 0 Å². The van der Waals surface area contributed by atoms with Crippen LogP contribution >= 0.6 is 0 Å². The molecule has 21 heavy (non-hydrogen) atoms. The molecule has 1 aromatic rings. The molecule has 1 aliphatic rings. The van der Waals surface area contributed by atoms with Gasteiger partial charge in [-0.1, -0.05) is 6.07 Å². The molecule has 0 saturated heterocycles.